The van der Waals surface area contributed by atoms with Gasteiger partial charge in [-0.2, -0.15) is 5.10 Å². The van der Waals surface area contributed by atoms with Crippen molar-refractivity contribution in [2.45, 2.75) is 13.8 Å². The molecule has 0 unspecified atom stereocenters. The average Bonchev–Trinajstić information content (AvgIpc) is 2.77. The van der Waals surface area contributed by atoms with Gasteiger partial charge in [-0.25, -0.2) is 0 Å². The fourth-order valence-electron chi connectivity index (χ4n) is 1.83. The minimum absolute atomic E-state index is 0.132. The van der Waals surface area contributed by atoms with Gasteiger partial charge < -0.3 is 10.6 Å². The van der Waals surface area contributed by atoms with E-state index >= 15 is 0 Å². The van der Waals surface area contributed by atoms with E-state index in [1.54, 1.807) is 11.0 Å². The molecule has 3 N–H and O–H groups in total. The van der Waals surface area contributed by atoms with Gasteiger partial charge in [0.15, 0.2) is 0 Å². The van der Waals surface area contributed by atoms with Crippen LogP contribution in [-0.2, 0) is 0 Å². The summed E-state index contributed by atoms with van der Waals surface area (Å²) in [5.74, 6) is 0.186. The number of nitrogens with zero attached hydrogens (tertiary/aromatic N) is 2. The Morgan fingerprint density at radius 3 is 2.78 bits per heavy atom. The minimum Gasteiger partial charge on any atom is -0.382 e. The first-order chi connectivity index (χ1) is 8.61. The van der Waals surface area contributed by atoms with Crippen molar-refractivity contribution in [3.63, 3.8) is 0 Å². The van der Waals surface area contributed by atoms with E-state index in [0.29, 0.717) is 18.1 Å². The number of rotatable bonds is 3. The molecule has 0 radical (unpaired) electrons. The first-order valence-corrected chi connectivity index (χ1v) is 5.81. The van der Waals surface area contributed by atoms with Crippen LogP contribution in [0.5, 0.6) is 0 Å². The maximum atomic E-state index is 12.3. The molecule has 1 aromatic carbocycles. The summed E-state index contributed by atoms with van der Waals surface area (Å²) < 4.78 is 0. The number of amides is 1. The largest absolute Gasteiger partial charge is 0.382 e. The molecule has 0 atom stereocenters. The molecule has 0 spiro atoms. The SMILES string of the molecule is CCN(C(=O)c1cc(N)n[nH]1)c1cccc(C)c1. The number of carbonyl (C=O) groups is 1. The van der Waals surface area contributed by atoms with Gasteiger partial charge in [0.05, 0.1) is 0 Å². The van der Waals surface area contributed by atoms with Gasteiger partial charge in [0.25, 0.3) is 5.91 Å². The third-order valence-electron chi connectivity index (χ3n) is 2.70. The number of benzene rings is 1. The molecule has 1 heterocycles. The van der Waals surface area contributed by atoms with Crippen molar-refractivity contribution >= 4 is 17.4 Å². The Balaban J connectivity index is 2.31. The van der Waals surface area contributed by atoms with E-state index in [-0.39, 0.29) is 5.91 Å². The van der Waals surface area contributed by atoms with Crippen LogP contribution in [0.15, 0.2) is 30.3 Å². The first kappa shape index (κ1) is 12.2. The Hall–Kier alpha value is -2.30. The van der Waals surface area contributed by atoms with Gasteiger partial charge in [-0.1, -0.05) is 12.1 Å². The van der Waals surface area contributed by atoms with Gasteiger partial charge in [0, 0.05) is 18.3 Å². The van der Waals surface area contributed by atoms with Crippen LogP contribution in [0.25, 0.3) is 0 Å². The van der Waals surface area contributed by atoms with Crippen LogP contribution >= 0.6 is 0 Å². The second-order valence-corrected chi connectivity index (χ2v) is 4.09. The summed E-state index contributed by atoms with van der Waals surface area (Å²) >= 11 is 0. The van der Waals surface area contributed by atoms with Gasteiger partial charge in [-0.05, 0) is 31.5 Å². The maximum Gasteiger partial charge on any atom is 0.276 e. The number of hydrogen-bond acceptors (Lipinski definition) is 3. The molecule has 1 amide bonds. The Labute approximate surface area is 106 Å². The summed E-state index contributed by atoms with van der Waals surface area (Å²) in [5, 5.41) is 6.41. The number of nitrogens with one attached hydrogen (secondary N) is 1. The number of aromatic nitrogens is 2. The predicted molar refractivity (Wildman–Crippen MR) is 71.5 cm³/mol. The fraction of sp³-hybridized carbons (Fsp3) is 0.231. The third kappa shape index (κ3) is 2.34. The van der Waals surface area contributed by atoms with Crippen LogP contribution < -0.4 is 10.6 Å². The average molecular weight is 244 g/mol. The third-order valence-corrected chi connectivity index (χ3v) is 2.70. The predicted octanol–water partition coefficient (Wildman–Crippen LogP) is 1.97. The van der Waals surface area contributed by atoms with Crippen molar-refractivity contribution in [1.82, 2.24) is 10.2 Å². The van der Waals surface area contributed by atoms with Gasteiger partial charge >= 0.3 is 0 Å². The zero-order valence-electron chi connectivity index (χ0n) is 10.5. The number of hydrogen-bond donors (Lipinski definition) is 2. The molecule has 0 aliphatic heterocycles. The molecule has 94 valence electrons. The molecule has 0 aliphatic rings. The zero-order valence-corrected chi connectivity index (χ0v) is 10.5. The summed E-state index contributed by atoms with van der Waals surface area (Å²) in [6, 6.07) is 9.36. The highest BCUT2D eigenvalue weighted by atomic mass is 16.2. The smallest absolute Gasteiger partial charge is 0.276 e. The lowest BCUT2D eigenvalue weighted by Crippen LogP contribution is -2.30. The number of aromatic amines is 1. The number of carbonyl (C=O) groups excluding carboxylic acids is 1. The normalized spacial score (nSPS) is 10.3. The van der Waals surface area contributed by atoms with Gasteiger partial charge in [-0.15, -0.1) is 0 Å². The molecule has 0 saturated heterocycles. The second-order valence-electron chi connectivity index (χ2n) is 4.09. The van der Waals surface area contributed by atoms with E-state index in [1.165, 1.54) is 0 Å². The Morgan fingerprint density at radius 2 is 2.22 bits per heavy atom. The molecule has 5 nitrogen and oxygen atoms in total. The summed E-state index contributed by atoms with van der Waals surface area (Å²) in [6.45, 7) is 4.51. The topological polar surface area (TPSA) is 75.0 Å². The number of nitrogens with two attached hydrogens (primary N) is 1. The van der Waals surface area contributed by atoms with Crippen molar-refractivity contribution in [2.75, 3.05) is 17.2 Å². The van der Waals surface area contributed by atoms with Gasteiger partial charge in [0.1, 0.15) is 11.5 Å². The molecule has 5 heteroatoms. The number of H-pyrrole nitrogens is 1. The molecule has 0 bridgehead atoms. The summed E-state index contributed by atoms with van der Waals surface area (Å²) in [6.07, 6.45) is 0. The van der Waals surface area contributed by atoms with E-state index in [2.05, 4.69) is 10.2 Å². The molecular formula is C13H16N4O. The quantitative estimate of drug-likeness (QED) is 0.866. The number of aryl methyl sites for hydroxylation is 1. The van der Waals surface area contributed by atoms with Gasteiger partial charge in [-0.3, -0.25) is 9.89 Å². The Kier molecular flexibility index (Phi) is 3.32. The molecule has 2 rings (SSSR count). The van der Waals surface area contributed by atoms with Crippen LogP contribution in [0.3, 0.4) is 0 Å². The molecule has 0 saturated carbocycles. The molecule has 2 aromatic rings. The van der Waals surface area contributed by atoms with Crippen LogP contribution in [0, 0.1) is 6.92 Å². The fourth-order valence-corrected chi connectivity index (χ4v) is 1.83. The van der Waals surface area contributed by atoms with E-state index < -0.39 is 0 Å². The standard InChI is InChI=1S/C13H16N4O/c1-3-17(10-6-4-5-9(2)7-10)13(18)11-8-12(14)16-15-11/h4-8H,3H2,1-2H3,(H3,14,15,16). The number of anilines is 2. The highest BCUT2D eigenvalue weighted by Crippen LogP contribution is 2.18. The lowest BCUT2D eigenvalue weighted by molar-refractivity contribution is 0.0983. The molecule has 0 fully saturated rings. The van der Waals surface area contributed by atoms with E-state index in [4.69, 9.17) is 5.73 Å². The maximum absolute atomic E-state index is 12.3. The van der Waals surface area contributed by atoms with E-state index in [1.807, 2.05) is 38.1 Å². The zero-order chi connectivity index (χ0) is 13.1. The second kappa shape index (κ2) is 4.91. The summed E-state index contributed by atoms with van der Waals surface area (Å²) in [5.41, 5.74) is 7.89. The number of nitrogen functional groups attached to an aromatic ring is 1. The molecule has 0 aliphatic carbocycles. The van der Waals surface area contributed by atoms with Crippen molar-refractivity contribution < 1.29 is 4.79 Å². The van der Waals surface area contributed by atoms with Gasteiger partial charge in [0.2, 0.25) is 0 Å². The van der Waals surface area contributed by atoms with E-state index in [9.17, 15) is 4.79 Å². The molecular weight excluding hydrogens is 228 g/mol. The van der Waals surface area contributed by atoms with Crippen LogP contribution in [0.1, 0.15) is 23.0 Å². The van der Waals surface area contributed by atoms with Crippen molar-refractivity contribution in [3.8, 4) is 0 Å². The molecule has 18 heavy (non-hydrogen) atoms. The van der Waals surface area contributed by atoms with Crippen LogP contribution in [0.2, 0.25) is 0 Å². The van der Waals surface area contributed by atoms with Crippen LogP contribution in [0.4, 0.5) is 11.5 Å². The summed E-state index contributed by atoms with van der Waals surface area (Å²) in [4.78, 5) is 14.0. The molecule has 1 aromatic heterocycles. The first-order valence-electron chi connectivity index (χ1n) is 5.81. The van der Waals surface area contributed by atoms with Crippen LogP contribution in [-0.4, -0.2) is 22.6 Å². The highest BCUT2D eigenvalue weighted by Gasteiger charge is 2.17. The van der Waals surface area contributed by atoms with Crippen molar-refractivity contribution in [1.29, 1.82) is 0 Å². The van der Waals surface area contributed by atoms with E-state index in [0.717, 1.165) is 11.3 Å². The van der Waals surface area contributed by atoms with Crippen molar-refractivity contribution in [3.05, 3.63) is 41.6 Å². The lowest BCUT2D eigenvalue weighted by Gasteiger charge is -2.20. The Morgan fingerprint density at radius 1 is 1.44 bits per heavy atom. The Bertz CT molecular complexity index is 562. The monoisotopic (exact) mass is 244 g/mol. The minimum atomic E-state index is -0.132. The van der Waals surface area contributed by atoms with Crippen molar-refractivity contribution in [2.24, 2.45) is 0 Å². The summed E-state index contributed by atoms with van der Waals surface area (Å²) in [7, 11) is 0. The highest BCUT2D eigenvalue weighted by molar-refractivity contribution is 6.05. The lowest BCUT2D eigenvalue weighted by atomic mass is 10.2.